The standard InChI is InChI=1S/C23H29N5O2/c1-17(20-14-24-27(2)15-20)25-23(29)22-13-21(30-26-22)16-28-10-8-19(9-11-28)12-18-6-4-3-5-7-18/h3-7,13-15,17,19H,8-12,16H2,1-2H3,(H,25,29)/t17-/m1/s1. The molecule has 0 radical (unpaired) electrons. The first-order valence-electron chi connectivity index (χ1n) is 10.6. The molecule has 7 nitrogen and oxygen atoms in total. The lowest BCUT2D eigenvalue weighted by Gasteiger charge is -2.31. The summed E-state index contributed by atoms with van der Waals surface area (Å²) in [7, 11) is 1.85. The van der Waals surface area contributed by atoms with E-state index in [1.165, 1.54) is 18.4 Å². The Morgan fingerprint density at radius 1 is 1.27 bits per heavy atom. The number of carbonyl (C=O) groups is 1. The van der Waals surface area contributed by atoms with Crippen molar-refractivity contribution in [3.8, 4) is 0 Å². The zero-order valence-corrected chi connectivity index (χ0v) is 17.6. The highest BCUT2D eigenvalue weighted by Gasteiger charge is 2.22. The third-order valence-electron chi connectivity index (χ3n) is 5.82. The Morgan fingerprint density at radius 2 is 2.03 bits per heavy atom. The van der Waals surface area contributed by atoms with E-state index in [2.05, 4.69) is 50.8 Å². The summed E-state index contributed by atoms with van der Waals surface area (Å²) in [6.45, 7) is 4.70. The molecule has 1 saturated heterocycles. The fourth-order valence-corrected chi connectivity index (χ4v) is 4.03. The van der Waals surface area contributed by atoms with E-state index in [1.807, 2.05) is 20.2 Å². The lowest BCUT2D eigenvalue weighted by molar-refractivity contribution is 0.0930. The third kappa shape index (κ3) is 5.16. The summed E-state index contributed by atoms with van der Waals surface area (Å²) in [6.07, 6.45) is 7.15. The van der Waals surface area contributed by atoms with Crippen molar-refractivity contribution < 1.29 is 9.32 Å². The molecule has 1 fully saturated rings. The van der Waals surface area contributed by atoms with Gasteiger partial charge in [0.05, 0.1) is 18.8 Å². The molecule has 1 N–H and O–H groups in total. The number of hydrogen-bond acceptors (Lipinski definition) is 5. The Hall–Kier alpha value is -2.93. The molecule has 1 aliphatic heterocycles. The van der Waals surface area contributed by atoms with Gasteiger partial charge in [0.1, 0.15) is 0 Å². The number of aromatic nitrogens is 3. The van der Waals surface area contributed by atoms with Crippen LogP contribution in [0.5, 0.6) is 0 Å². The summed E-state index contributed by atoms with van der Waals surface area (Å²) in [5, 5.41) is 11.1. The quantitative estimate of drug-likeness (QED) is 0.650. The molecule has 1 amide bonds. The molecule has 3 heterocycles. The minimum absolute atomic E-state index is 0.144. The summed E-state index contributed by atoms with van der Waals surface area (Å²) in [6, 6.07) is 12.3. The maximum Gasteiger partial charge on any atom is 0.273 e. The topological polar surface area (TPSA) is 76.2 Å². The summed E-state index contributed by atoms with van der Waals surface area (Å²) in [4.78, 5) is 14.9. The van der Waals surface area contributed by atoms with Crippen molar-refractivity contribution in [2.75, 3.05) is 13.1 Å². The van der Waals surface area contributed by atoms with E-state index in [9.17, 15) is 4.79 Å². The minimum atomic E-state index is -0.233. The van der Waals surface area contributed by atoms with Crippen LogP contribution in [0.4, 0.5) is 0 Å². The number of likely N-dealkylation sites (tertiary alicyclic amines) is 1. The first-order chi connectivity index (χ1) is 14.6. The Morgan fingerprint density at radius 3 is 2.73 bits per heavy atom. The Labute approximate surface area is 177 Å². The summed E-state index contributed by atoms with van der Waals surface area (Å²) in [5.74, 6) is 1.23. The van der Waals surface area contributed by atoms with Crippen molar-refractivity contribution in [2.24, 2.45) is 13.0 Å². The van der Waals surface area contributed by atoms with Gasteiger partial charge in [-0.2, -0.15) is 5.10 Å². The lowest BCUT2D eigenvalue weighted by atomic mass is 9.90. The number of piperidine rings is 1. The molecule has 0 spiro atoms. The number of aryl methyl sites for hydroxylation is 1. The van der Waals surface area contributed by atoms with E-state index in [0.717, 1.165) is 36.8 Å². The van der Waals surface area contributed by atoms with Crippen LogP contribution in [0, 0.1) is 5.92 Å². The number of rotatable bonds is 7. The number of hydrogen-bond donors (Lipinski definition) is 1. The molecule has 0 bridgehead atoms. The molecular weight excluding hydrogens is 378 g/mol. The first-order valence-corrected chi connectivity index (χ1v) is 10.6. The highest BCUT2D eigenvalue weighted by Crippen LogP contribution is 2.23. The van der Waals surface area contributed by atoms with Gasteiger partial charge in [0.2, 0.25) is 0 Å². The third-order valence-corrected chi connectivity index (χ3v) is 5.82. The second-order valence-corrected chi connectivity index (χ2v) is 8.23. The van der Waals surface area contributed by atoms with Crippen LogP contribution in [0.15, 0.2) is 53.3 Å². The van der Waals surface area contributed by atoms with Gasteiger partial charge in [0, 0.05) is 24.9 Å². The number of carbonyl (C=O) groups excluding carboxylic acids is 1. The van der Waals surface area contributed by atoms with Crippen molar-refractivity contribution >= 4 is 5.91 Å². The van der Waals surface area contributed by atoms with Crippen molar-refractivity contribution in [1.29, 1.82) is 0 Å². The molecule has 30 heavy (non-hydrogen) atoms. The van der Waals surface area contributed by atoms with Crippen molar-refractivity contribution in [3.63, 3.8) is 0 Å². The van der Waals surface area contributed by atoms with Crippen molar-refractivity contribution in [3.05, 3.63) is 71.4 Å². The van der Waals surface area contributed by atoms with E-state index >= 15 is 0 Å². The SMILES string of the molecule is C[C@@H](NC(=O)c1cc(CN2CCC(Cc3ccccc3)CC2)on1)c1cnn(C)c1. The molecule has 0 aliphatic carbocycles. The monoisotopic (exact) mass is 407 g/mol. The van der Waals surface area contributed by atoms with E-state index in [-0.39, 0.29) is 11.9 Å². The molecule has 1 aromatic carbocycles. The highest BCUT2D eigenvalue weighted by atomic mass is 16.5. The Bertz CT molecular complexity index is 957. The van der Waals surface area contributed by atoms with E-state index in [0.29, 0.717) is 12.2 Å². The zero-order valence-electron chi connectivity index (χ0n) is 17.6. The van der Waals surface area contributed by atoms with E-state index in [4.69, 9.17) is 4.52 Å². The molecule has 2 aromatic heterocycles. The number of nitrogens with one attached hydrogen (secondary N) is 1. The fourth-order valence-electron chi connectivity index (χ4n) is 4.03. The normalized spacial score (nSPS) is 16.5. The predicted molar refractivity (Wildman–Crippen MR) is 114 cm³/mol. The van der Waals surface area contributed by atoms with Gasteiger partial charge in [-0.05, 0) is 50.8 Å². The van der Waals surface area contributed by atoms with Gasteiger partial charge in [-0.1, -0.05) is 35.5 Å². The highest BCUT2D eigenvalue weighted by molar-refractivity contribution is 5.92. The predicted octanol–water partition coefficient (Wildman–Crippen LogP) is 3.35. The second-order valence-electron chi connectivity index (χ2n) is 8.23. The lowest BCUT2D eigenvalue weighted by Crippen LogP contribution is -2.33. The van der Waals surface area contributed by atoms with E-state index < -0.39 is 0 Å². The summed E-state index contributed by atoms with van der Waals surface area (Å²) >= 11 is 0. The number of amides is 1. The number of nitrogens with zero attached hydrogens (tertiary/aromatic N) is 4. The van der Waals surface area contributed by atoms with Gasteiger partial charge in [-0.15, -0.1) is 0 Å². The van der Waals surface area contributed by atoms with Crippen LogP contribution in [0.2, 0.25) is 0 Å². The van der Waals surface area contributed by atoms with Crippen LogP contribution >= 0.6 is 0 Å². The maximum atomic E-state index is 12.5. The molecule has 158 valence electrons. The first kappa shape index (κ1) is 20.3. The molecule has 0 saturated carbocycles. The Balaban J connectivity index is 1.25. The average Bonchev–Trinajstić information content (AvgIpc) is 3.39. The van der Waals surface area contributed by atoms with Crippen molar-refractivity contribution in [2.45, 2.75) is 38.8 Å². The van der Waals surface area contributed by atoms with Gasteiger partial charge in [-0.25, -0.2) is 0 Å². The molecule has 7 heteroatoms. The van der Waals surface area contributed by atoms with Crippen LogP contribution in [-0.4, -0.2) is 38.8 Å². The van der Waals surface area contributed by atoms with Gasteiger partial charge in [0.15, 0.2) is 11.5 Å². The maximum absolute atomic E-state index is 12.5. The minimum Gasteiger partial charge on any atom is -0.359 e. The van der Waals surface area contributed by atoms with Crippen LogP contribution < -0.4 is 5.32 Å². The van der Waals surface area contributed by atoms with Crippen LogP contribution in [0.25, 0.3) is 0 Å². The van der Waals surface area contributed by atoms with Gasteiger partial charge in [0.25, 0.3) is 5.91 Å². The summed E-state index contributed by atoms with van der Waals surface area (Å²) < 4.78 is 7.15. The van der Waals surface area contributed by atoms with Gasteiger partial charge < -0.3 is 9.84 Å². The fraction of sp³-hybridized carbons (Fsp3) is 0.435. The van der Waals surface area contributed by atoms with Crippen LogP contribution in [0.1, 0.15) is 53.2 Å². The molecule has 3 aromatic rings. The average molecular weight is 408 g/mol. The van der Waals surface area contributed by atoms with Crippen LogP contribution in [0.3, 0.4) is 0 Å². The molecule has 4 rings (SSSR count). The molecule has 1 aliphatic rings. The second kappa shape index (κ2) is 9.26. The molecule has 1 atom stereocenters. The number of benzene rings is 1. The van der Waals surface area contributed by atoms with Crippen LogP contribution in [-0.2, 0) is 20.0 Å². The summed E-state index contributed by atoms with van der Waals surface area (Å²) in [5.41, 5.74) is 2.69. The van der Waals surface area contributed by atoms with Crippen molar-refractivity contribution in [1.82, 2.24) is 25.2 Å². The van der Waals surface area contributed by atoms with E-state index in [1.54, 1.807) is 16.9 Å². The van der Waals surface area contributed by atoms with Gasteiger partial charge in [-0.3, -0.25) is 14.4 Å². The Kier molecular flexibility index (Phi) is 6.28. The molecular formula is C23H29N5O2. The smallest absolute Gasteiger partial charge is 0.273 e. The molecule has 0 unspecified atom stereocenters. The zero-order chi connectivity index (χ0) is 20.9. The van der Waals surface area contributed by atoms with Gasteiger partial charge >= 0.3 is 0 Å². The largest absolute Gasteiger partial charge is 0.359 e.